The molecule has 2 rings (SSSR count). The van der Waals surface area contributed by atoms with E-state index in [4.69, 9.17) is 0 Å². The van der Waals surface area contributed by atoms with Crippen LogP contribution in [0.5, 0.6) is 0 Å². The minimum Gasteiger partial charge on any atom is -0.392 e. The molecular weight excluding hydrogens is 244 g/mol. The Morgan fingerprint density at radius 3 is 2.94 bits per heavy atom. The Hall–Kier alpha value is -1.00. The lowest BCUT2D eigenvalue weighted by Crippen LogP contribution is -2.14. The van der Waals surface area contributed by atoms with E-state index in [1.165, 1.54) is 0 Å². The standard InChI is InChI=1S/C14H20N2OS/c1-3-8-18-10-11(17)9-13-12-6-4-5-7-14(12)16(2)15-13/h4-7,11,17H,3,8-10H2,1-2H3. The first-order chi connectivity index (χ1) is 8.72. The highest BCUT2D eigenvalue weighted by atomic mass is 32.2. The van der Waals surface area contributed by atoms with Crippen molar-refractivity contribution in [3.8, 4) is 0 Å². The Morgan fingerprint density at radius 1 is 1.39 bits per heavy atom. The van der Waals surface area contributed by atoms with Crippen LogP contribution in [-0.2, 0) is 13.5 Å². The van der Waals surface area contributed by atoms with Gasteiger partial charge >= 0.3 is 0 Å². The summed E-state index contributed by atoms with van der Waals surface area (Å²) in [7, 11) is 1.95. The Bertz CT molecular complexity index is 509. The molecule has 0 amide bonds. The zero-order valence-corrected chi connectivity index (χ0v) is 11.8. The van der Waals surface area contributed by atoms with Crippen LogP contribution in [0.4, 0.5) is 0 Å². The molecule has 0 aliphatic heterocycles. The third-order valence-corrected chi connectivity index (χ3v) is 4.24. The number of fused-ring (bicyclic) bond motifs is 1. The maximum absolute atomic E-state index is 10.0. The molecule has 1 aromatic heterocycles. The first-order valence-electron chi connectivity index (χ1n) is 6.38. The van der Waals surface area contributed by atoms with Crippen LogP contribution in [0.15, 0.2) is 24.3 Å². The van der Waals surface area contributed by atoms with Gasteiger partial charge in [0.2, 0.25) is 0 Å². The number of benzene rings is 1. The molecule has 0 saturated heterocycles. The fourth-order valence-corrected chi connectivity index (χ4v) is 2.93. The maximum Gasteiger partial charge on any atom is 0.0729 e. The average molecular weight is 264 g/mol. The van der Waals surface area contributed by atoms with Crippen LogP contribution in [0.1, 0.15) is 19.0 Å². The number of rotatable bonds is 6. The monoisotopic (exact) mass is 264 g/mol. The lowest BCUT2D eigenvalue weighted by Gasteiger charge is -2.08. The van der Waals surface area contributed by atoms with Gasteiger partial charge in [0.25, 0.3) is 0 Å². The average Bonchev–Trinajstić information content (AvgIpc) is 2.67. The molecule has 0 saturated carbocycles. The Kier molecular flexibility index (Phi) is 4.66. The van der Waals surface area contributed by atoms with Crippen molar-refractivity contribution in [1.29, 1.82) is 0 Å². The number of hydrogen-bond donors (Lipinski definition) is 1. The van der Waals surface area contributed by atoms with Crippen LogP contribution in [0.3, 0.4) is 0 Å². The van der Waals surface area contributed by atoms with Crippen molar-refractivity contribution < 1.29 is 5.11 Å². The lowest BCUT2D eigenvalue weighted by atomic mass is 10.1. The molecule has 0 spiro atoms. The van der Waals surface area contributed by atoms with Crippen molar-refractivity contribution in [2.75, 3.05) is 11.5 Å². The van der Waals surface area contributed by atoms with Gasteiger partial charge in [-0.1, -0.05) is 25.1 Å². The van der Waals surface area contributed by atoms with Gasteiger partial charge in [-0.2, -0.15) is 16.9 Å². The van der Waals surface area contributed by atoms with Crippen LogP contribution in [0.25, 0.3) is 10.9 Å². The Labute approximate surface area is 112 Å². The number of aliphatic hydroxyl groups excluding tert-OH is 1. The van der Waals surface area contributed by atoms with Crippen molar-refractivity contribution in [3.63, 3.8) is 0 Å². The van der Waals surface area contributed by atoms with Gasteiger partial charge < -0.3 is 5.11 Å². The molecule has 0 fully saturated rings. The van der Waals surface area contributed by atoms with E-state index in [9.17, 15) is 5.11 Å². The molecule has 0 aliphatic carbocycles. The summed E-state index contributed by atoms with van der Waals surface area (Å²) in [5.74, 6) is 1.90. The van der Waals surface area contributed by atoms with Gasteiger partial charge in [0.15, 0.2) is 0 Å². The van der Waals surface area contributed by atoms with Crippen molar-refractivity contribution in [2.24, 2.45) is 7.05 Å². The Balaban J connectivity index is 2.07. The van der Waals surface area contributed by atoms with E-state index < -0.39 is 0 Å². The molecular formula is C14H20N2OS. The maximum atomic E-state index is 10.0. The molecule has 1 unspecified atom stereocenters. The molecule has 1 atom stereocenters. The third-order valence-electron chi connectivity index (χ3n) is 2.92. The normalized spacial score (nSPS) is 13.1. The predicted molar refractivity (Wildman–Crippen MR) is 78.0 cm³/mol. The molecule has 0 aliphatic rings. The second kappa shape index (κ2) is 6.25. The van der Waals surface area contributed by atoms with E-state index >= 15 is 0 Å². The van der Waals surface area contributed by atoms with Crippen molar-refractivity contribution >= 4 is 22.7 Å². The zero-order chi connectivity index (χ0) is 13.0. The number of aromatic nitrogens is 2. The number of aliphatic hydroxyl groups is 1. The minimum absolute atomic E-state index is 0.306. The topological polar surface area (TPSA) is 38.1 Å². The highest BCUT2D eigenvalue weighted by Crippen LogP contribution is 2.19. The molecule has 1 N–H and O–H groups in total. The summed E-state index contributed by atoms with van der Waals surface area (Å²) >= 11 is 1.81. The molecule has 4 heteroatoms. The number of hydrogen-bond acceptors (Lipinski definition) is 3. The number of para-hydroxylation sites is 1. The molecule has 18 heavy (non-hydrogen) atoms. The first kappa shape index (κ1) is 13.4. The second-order valence-electron chi connectivity index (χ2n) is 4.52. The van der Waals surface area contributed by atoms with E-state index in [1.54, 1.807) is 0 Å². The van der Waals surface area contributed by atoms with Gasteiger partial charge in [-0.15, -0.1) is 0 Å². The summed E-state index contributed by atoms with van der Waals surface area (Å²) in [5.41, 5.74) is 2.12. The highest BCUT2D eigenvalue weighted by Gasteiger charge is 2.12. The van der Waals surface area contributed by atoms with E-state index in [0.717, 1.165) is 34.5 Å². The SMILES string of the molecule is CCCSCC(O)Cc1nn(C)c2ccccc12. The van der Waals surface area contributed by atoms with E-state index in [-0.39, 0.29) is 6.10 Å². The van der Waals surface area contributed by atoms with Crippen LogP contribution in [0.2, 0.25) is 0 Å². The quantitative estimate of drug-likeness (QED) is 0.815. The van der Waals surface area contributed by atoms with Gasteiger partial charge in [0.05, 0.1) is 17.3 Å². The summed E-state index contributed by atoms with van der Waals surface area (Å²) < 4.78 is 1.89. The summed E-state index contributed by atoms with van der Waals surface area (Å²) in [5, 5.41) is 15.7. The molecule has 0 radical (unpaired) electrons. The second-order valence-corrected chi connectivity index (χ2v) is 5.67. The van der Waals surface area contributed by atoms with E-state index in [2.05, 4.69) is 24.2 Å². The third kappa shape index (κ3) is 3.06. The van der Waals surface area contributed by atoms with Crippen LogP contribution in [0, 0.1) is 0 Å². The van der Waals surface area contributed by atoms with Crippen LogP contribution in [-0.4, -0.2) is 32.5 Å². The number of aryl methyl sites for hydroxylation is 1. The van der Waals surface area contributed by atoms with E-state index in [0.29, 0.717) is 6.42 Å². The zero-order valence-electron chi connectivity index (χ0n) is 11.0. The summed E-state index contributed by atoms with van der Waals surface area (Å²) in [6.07, 6.45) is 1.49. The van der Waals surface area contributed by atoms with Gasteiger partial charge in [0.1, 0.15) is 0 Å². The highest BCUT2D eigenvalue weighted by molar-refractivity contribution is 7.99. The lowest BCUT2D eigenvalue weighted by molar-refractivity contribution is 0.199. The van der Waals surface area contributed by atoms with Crippen LogP contribution >= 0.6 is 11.8 Å². The fourth-order valence-electron chi connectivity index (χ4n) is 2.09. The number of thioether (sulfide) groups is 1. The predicted octanol–water partition coefficient (Wildman–Crippen LogP) is 2.62. The molecule has 3 nitrogen and oxygen atoms in total. The smallest absolute Gasteiger partial charge is 0.0729 e. The van der Waals surface area contributed by atoms with Crippen molar-refractivity contribution in [2.45, 2.75) is 25.9 Å². The molecule has 0 bridgehead atoms. The van der Waals surface area contributed by atoms with Crippen molar-refractivity contribution in [1.82, 2.24) is 9.78 Å². The summed E-state index contributed by atoms with van der Waals surface area (Å²) in [6, 6.07) is 8.17. The summed E-state index contributed by atoms with van der Waals surface area (Å²) in [4.78, 5) is 0. The number of nitrogens with zero attached hydrogens (tertiary/aromatic N) is 2. The molecule has 2 aromatic rings. The van der Waals surface area contributed by atoms with E-state index in [1.807, 2.05) is 35.6 Å². The van der Waals surface area contributed by atoms with Gasteiger partial charge in [0, 0.05) is 24.6 Å². The molecule has 1 aromatic carbocycles. The fraction of sp³-hybridized carbons (Fsp3) is 0.500. The van der Waals surface area contributed by atoms with Gasteiger partial charge in [-0.3, -0.25) is 4.68 Å². The largest absolute Gasteiger partial charge is 0.392 e. The van der Waals surface area contributed by atoms with Crippen molar-refractivity contribution in [3.05, 3.63) is 30.0 Å². The Morgan fingerprint density at radius 2 is 2.17 bits per heavy atom. The van der Waals surface area contributed by atoms with Gasteiger partial charge in [-0.25, -0.2) is 0 Å². The molecule has 1 heterocycles. The van der Waals surface area contributed by atoms with Gasteiger partial charge in [-0.05, 0) is 18.2 Å². The first-order valence-corrected chi connectivity index (χ1v) is 7.54. The molecule has 98 valence electrons. The van der Waals surface area contributed by atoms with Crippen LogP contribution < -0.4 is 0 Å². The summed E-state index contributed by atoms with van der Waals surface area (Å²) in [6.45, 7) is 2.16. The minimum atomic E-state index is -0.306.